The Balaban J connectivity index is 2.15. The van der Waals surface area contributed by atoms with Gasteiger partial charge in [0.15, 0.2) is 0 Å². The van der Waals surface area contributed by atoms with Gasteiger partial charge in [0.2, 0.25) is 0 Å². The normalized spacial score (nSPS) is 17.4. The quantitative estimate of drug-likeness (QED) is 0.607. The van der Waals surface area contributed by atoms with Gasteiger partial charge in [-0.15, -0.1) is 0 Å². The van der Waals surface area contributed by atoms with Crippen LogP contribution >= 0.6 is 0 Å². The molecule has 1 atom stereocenters. The van der Waals surface area contributed by atoms with Crippen molar-refractivity contribution in [3.8, 4) is 0 Å². The molecule has 3 heteroatoms. The summed E-state index contributed by atoms with van der Waals surface area (Å²) in [7, 11) is 1.38. The molecule has 1 unspecified atom stereocenters. The highest BCUT2D eigenvalue weighted by Gasteiger charge is 2.24. The van der Waals surface area contributed by atoms with E-state index in [0.717, 1.165) is 11.8 Å². The standard InChI is InChI=1S/C17H22O3/c1-20-17(19)15-9-7-14(8-10-15)16(11-12-18)13-5-3-2-4-6-13/h7-10,12-13,16H,2-6,11H2,1H3. The summed E-state index contributed by atoms with van der Waals surface area (Å²) in [5, 5.41) is 0. The predicted octanol–water partition coefficient (Wildman–Crippen LogP) is 3.73. The van der Waals surface area contributed by atoms with E-state index in [2.05, 4.69) is 0 Å². The first-order chi connectivity index (χ1) is 9.76. The Morgan fingerprint density at radius 2 is 1.90 bits per heavy atom. The Kier molecular flexibility index (Phi) is 5.33. The molecule has 1 saturated carbocycles. The maximum Gasteiger partial charge on any atom is 0.337 e. The number of ether oxygens (including phenoxy) is 1. The number of aldehydes is 1. The summed E-state index contributed by atoms with van der Waals surface area (Å²) in [6.07, 6.45) is 7.84. The lowest BCUT2D eigenvalue weighted by Crippen LogP contribution is -2.17. The molecular formula is C17H22O3. The molecule has 0 amide bonds. The van der Waals surface area contributed by atoms with Gasteiger partial charge in [-0.25, -0.2) is 4.79 Å². The molecule has 1 aromatic carbocycles. The average molecular weight is 274 g/mol. The molecule has 1 aliphatic carbocycles. The van der Waals surface area contributed by atoms with Crippen molar-refractivity contribution in [1.29, 1.82) is 0 Å². The van der Waals surface area contributed by atoms with Gasteiger partial charge in [0, 0.05) is 6.42 Å². The zero-order valence-corrected chi connectivity index (χ0v) is 12.0. The third-order valence-corrected chi connectivity index (χ3v) is 4.33. The fourth-order valence-corrected chi connectivity index (χ4v) is 3.23. The van der Waals surface area contributed by atoms with Crippen LogP contribution in [0, 0.1) is 5.92 Å². The number of carbonyl (C=O) groups excluding carboxylic acids is 2. The minimum atomic E-state index is -0.318. The van der Waals surface area contributed by atoms with E-state index in [1.165, 1.54) is 39.2 Å². The van der Waals surface area contributed by atoms with Crippen LogP contribution in [0.3, 0.4) is 0 Å². The minimum absolute atomic E-state index is 0.291. The Morgan fingerprint density at radius 3 is 2.45 bits per heavy atom. The van der Waals surface area contributed by atoms with Crippen LogP contribution in [0.2, 0.25) is 0 Å². The second kappa shape index (κ2) is 7.22. The molecule has 0 heterocycles. The van der Waals surface area contributed by atoms with E-state index in [9.17, 15) is 9.59 Å². The molecule has 0 saturated heterocycles. The third kappa shape index (κ3) is 3.47. The Bertz CT molecular complexity index is 444. The fraction of sp³-hybridized carbons (Fsp3) is 0.529. The minimum Gasteiger partial charge on any atom is -0.465 e. The van der Waals surface area contributed by atoms with Crippen LogP contribution in [-0.2, 0) is 9.53 Å². The number of rotatable bonds is 5. The number of carbonyl (C=O) groups is 2. The van der Waals surface area contributed by atoms with Crippen molar-refractivity contribution in [2.24, 2.45) is 5.92 Å². The molecule has 0 spiro atoms. The lowest BCUT2D eigenvalue weighted by molar-refractivity contribution is -0.108. The first kappa shape index (κ1) is 14.8. The van der Waals surface area contributed by atoms with Gasteiger partial charge in [-0.1, -0.05) is 31.4 Å². The zero-order valence-electron chi connectivity index (χ0n) is 12.0. The topological polar surface area (TPSA) is 43.4 Å². The first-order valence-corrected chi connectivity index (χ1v) is 7.38. The van der Waals surface area contributed by atoms with E-state index < -0.39 is 0 Å². The Labute approximate surface area is 120 Å². The number of methoxy groups -OCH3 is 1. The largest absolute Gasteiger partial charge is 0.465 e. The summed E-state index contributed by atoms with van der Waals surface area (Å²) in [4.78, 5) is 22.4. The number of hydrogen-bond acceptors (Lipinski definition) is 3. The van der Waals surface area contributed by atoms with Gasteiger partial charge >= 0.3 is 5.97 Å². The van der Waals surface area contributed by atoms with Crippen molar-refractivity contribution >= 4 is 12.3 Å². The monoisotopic (exact) mass is 274 g/mol. The van der Waals surface area contributed by atoms with Crippen LogP contribution < -0.4 is 0 Å². The van der Waals surface area contributed by atoms with Gasteiger partial charge in [0.05, 0.1) is 12.7 Å². The smallest absolute Gasteiger partial charge is 0.337 e. The molecule has 0 bridgehead atoms. The summed E-state index contributed by atoms with van der Waals surface area (Å²) in [5.41, 5.74) is 1.72. The van der Waals surface area contributed by atoms with Gasteiger partial charge in [0.1, 0.15) is 6.29 Å². The summed E-state index contributed by atoms with van der Waals surface area (Å²) < 4.78 is 4.71. The SMILES string of the molecule is COC(=O)c1ccc(C(CC=O)C2CCCCC2)cc1. The third-order valence-electron chi connectivity index (χ3n) is 4.33. The van der Waals surface area contributed by atoms with Crippen LogP contribution in [-0.4, -0.2) is 19.4 Å². The van der Waals surface area contributed by atoms with Gasteiger partial charge in [-0.2, -0.15) is 0 Å². The Morgan fingerprint density at radius 1 is 1.25 bits per heavy atom. The number of esters is 1. The molecule has 2 rings (SSSR count). The van der Waals surface area contributed by atoms with Gasteiger partial charge in [-0.3, -0.25) is 0 Å². The summed E-state index contributed by atoms with van der Waals surface area (Å²) in [5.74, 6) is 0.568. The van der Waals surface area contributed by atoms with Crippen molar-refractivity contribution in [2.45, 2.75) is 44.4 Å². The highest BCUT2D eigenvalue weighted by Crippen LogP contribution is 2.37. The van der Waals surface area contributed by atoms with Crippen molar-refractivity contribution < 1.29 is 14.3 Å². The zero-order chi connectivity index (χ0) is 14.4. The van der Waals surface area contributed by atoms with Crippen LogP contribution in [0.1, 0.15) is 60.4 Å². The van der Waals surface area contributed by atoms with E-state index in [0.29, 0.717) is 23.8 Å². The molecular weight excluding hydrogens is 252 g/mol. The molecule has 3 nitrogen and oxygen atoms in total. The van der Waals surface area contributed by atoms with Crippen LogP contribution in [0.4, 0.5) is 0 Å². The summed E-state index contributed by atoms with van der Waals surface area (Å²) in [6, 6.07) is 7.52. The number of benzene rings is 1. The number of hydrogen-bond donors (Lipinski definition) is 0. The predicted molar refractivity (Wildman–Crippen MR) is 77.8 cm³/mol. The van der Waals surface area contributed by atoms with Gasteiger partial charge in [-0.05, 0) is 42.4 Å². The highest BCUT2D eigenvalue weighted by atomic mass is 16.5. The van der Waals surface area contributed by atoms with Crippen molar-refractivity contribution in [3.05, 3.63) is 35.4 Å². The summed E-state index contributed by atoms with van der Waals surface area (Å²) >= 11 is 0. The molecule has 1 aliphatic rings. The van der Waals surface area contributed by atoms with Crippen molar-refractivity contribution in [2.75, 3.05) is 7.11 Å². The maximum absolute atomic E-state index is 11.4. The molecule has 0 aromatic heterocycles. The van der Waals surface area contributed by atoms with E-state index in [1.807, 2.05) is 12.1 Å². The molecule has 1 aromatic rings. The summed E-state index contributed by atoms with van der Waals surface area (Å²) in [6.45, 7) is 0. The molecule has 108 valence electrons. The molecule has 0 aliphatic heterocycles. The maximum atomic E-state index is 11.4. The van der Waals surface area contributed by atoms with Crippen molar-refractivity contribution in [3.63, 3.8) is 0 Å². The Hall–Kier alpha value is -1.64. The van der Waals surface area contributed by atoms with E-state index in [4.69, 9.17) is 4.74 Å². The van der Waals surface area contributed by atoms with Crippen LogP contribution in [0.25, 0.3) is 0 Å². The second-order valence-electron chi connectivity index (χ2n) is 5.52. The van der Waals surface area contributed by atoms with E-state index in [-0.39, 0.29) is 5.97 Å². The lowest BCUT2D eigenvalue weighted by atomic mass is 9.75. The second-order valence-corrected chi connectivity index (χ2v) is 5.52. The highest BCUT2D eigenvalue weighted by molar-refractivity contribution is 5.89. The lowest BCUT2D eigenvalue weighted by Gasteiger charge is -2.29. The van der Waals surface area contributed by atoms with Gasteiger partial charge < -0.3 is 9.53 Å². The van der Waals surface area contributed by atoms with Crippen molar-refractivity contribution in [1.82, 2.24) is 0 Å². The van der Waals surface area contributed by atoms with Crippen LogP contribution in [0.15, 0.2) is 24.3 Å². The van der Waals surface area contributed by atoms with E-state index >= 15 is 0 Å². The molecule has 0 radical (unpaired) electrons. The molecule has 1 fully saturated rings. The van der Waals surface area contributed by atoms with Crippen LogP contribution in [0.5, 0.6) is 0 Å². The molecule has 0 N–H and O–H groups in total. The fourth-order valence-electron chi connectivity index (χ4n) is 3.23. The molecule has 20 heavy (non-hydrogen) atoms. The average Bonchev–Trinajstić information content (AvgIpc) is 2.53. The van der Waals surface area contributed by atoms with Gasteiger partial charge in [0.25, 0.3) is 0 Å². The van der Waals surface area contributed by atoms with E-state index in [1.54, 1.807) is 12.1 Å². The first-order valence-electron chi connectivity index (χ1n) is 7.38.